The molecule has 2 heterocycles. The predicted molar refractivity (Wildman–Crippen MR) is 244 cm³/mol. The Morgan fingerprint density at radius 3 is 1.76 bits per heavy atom. The zero-order valence-corrected chi connectivity index (χ0v) is 39.9. The van der Waals surface area contributed by atoms with Crippen molar-refractivity contribution in [3.05, 3.63) is 33.0 Å². The summed E-state index contributed by atoms with van der Waals surface area (Å²) in [6.45, 7) is 20.7. The number of hydrogen-bond acceptors (Lipinski definition) is 12. The second-order valence-corrected chi connectivity index (χ2v) is 19.7. The molecule has 0 radical (unpaired) electrons. The molecular formula is C43H71N3O8S4. The predicted octanol–water partition coefficient (Wildman–Crippen LogP) is 10.1. The van der Waals surface area contributed by atoms with E-state index in [4.69, 9.17) is 20.9 Å². The molecule has 2 atom stereocenters. The number of hydrogen-bond donors (Lipinski definition) is 4. The van der Waals surface area contributed by atoms with Gasteiger partial charge in [0, 0.05) is 39.0 Å². The molecular weight excluding hydrogens is 815 g/mol. The molecule has 2 aromatic rings. The second kappa shape index (κ2) is 30.2. The molecule has 0 bridgehead atoms. The lowest BCUT2D eigenvalue weighted by atomic mass is 9.88. The highest BCUT2D eigenvalue weighted by molar-refractivity contribution is 8.01. The molecule has 3 amide bonds. The zero-order valence-electron chi connectivity index (χ0n) is 36.6. The molecule has 15 heteroatoms. The fourth-order valence-corrected chi connectivity index (χ4v) is 8.41. The summed E-state index contributed by atoms with van der Waals surface area (Å²) >= 11 is 8.23. The van der Waals surface area contributed by atoms with Gasteiger partial charge < -0.3 is 26.3 Å². The molecule has 2 rings (SSSR count). The van der Waals surface area contributed by atoms with Gasteiger partial charge in [-0.15, -0.1) is 34.4 Å². The summed E-state index contributed by atoms with van der Waals surface area (Å²) < 4.78 is 11.5. The molecule has 0 saturated heterocycles. The van der Waals surface area contributed by atoms with Crippen LogP contribution in [0.4, 0.5) is 5.00 Å². The number of nitrogens with one attached hydrogen (secondary N) is 1. The van der Waals surface area contributed by atoms with Crippen LogP contribution in [0.25, 0.3) is 0 Å². The Hall–Kier alpha value is -2.88. The molecule has 2 unspecified atom stereocenters. The van der Waals surface area contributed by atoms with Crippen molar-refractivity contribution >= 4 is 87.5 Å². The largest absolute Gasteiger partial charge is 0.465 e. The first-order chi connectivity index (χ1) is 27.2. The molecule has 330 valence electrons. The smallest absolute Gasteiger partial charge is 0.306 e. The molecule has 0 aliphatic heterocycles. The molecule has 0 aliphatic rings. The number of thioether (sulfide) groups is 1. The third-order valence-corrected chi connectivity index (χ3v) is 12.5. The van der Waals surface area contributed by atoms with Gasteiger partial charge in [-0.1, -0.05) is 101 Å². The number of nitrogens with two attached hydrogens (primary N) is 2. The lowest BCUT2D eigenvalue weighted by Gasteiger charge is -2.16. The van der Waals surface area contributed by atoms with E-state index in [0.29, 0.717) is 70.4 Å². The lowest BCUT2D eigenvalue weighted by Crippen LogP contribution is -2.23. The van der Waals surface area contributed by atoms with E-state index in [1.165, 1.54) is 53.7 Å². The summed E-state index contributed by atoms with van der Waals surface area (Å²) in [5, 5.41) is 3.23. The van der Waals surface area contributed by atoms with Crippen molar-refractivity contribution in [2.75, 3.05) is 30.0 Å². The van der Waals surface area contributed by atoms with Crippen LogP contribution in [-0.4, -0.2) is 60.2 Å². The van der Waals surface area contributed by atoms with E-state index < -0.39 is 17.2 Å². The standard InChI is InChI=1S/C22H35NO4S2.C11H22O2S.C10H14N2O2S/c1-6-8-9-15(7-2)14-27-19(25)10-11-28-20-12-16(21(23)26)17(29-20)13-18(24)22(3,4)5;1-3-5-6-10(4-2)9-13-11(12)7-8-14;1-5(2)9(14)12-10-7(8(11)13)4-6(3)15-10/h12,15H,6-11,13-14H2,1-5H3,(H2,23,26);10,14H,3-9H2,1-2H3;4-5H,1-3H3,(H2,11,13)(H,12,14). The Kier molecular flexibility index (Phi) is 28.7. The quantitative estimate of drug-likeness (QED) is 0.0452. The number of anilines is 1. The van der Waals surface area contributed by atoms with Crippen molar-refractivity contribution < 1.29 is 38.2 Å². The number of amides is 3. The number of thiol groups is 1. The Morgan fingerprint density at radius 2 is 1.33 bits per heavy atom. The molecule has 58 heavy (non-hydrogen) atoms. The fourth-order valence-electron chi connectivity index (χ4n) is 4.96. The molecule has 0 saturated carbocycles. The molecule has 0 fully saturated rings. The molecule has 5 N–H and O–H groups in total. The third kappa shape index (κ3) is 23.6. The summed E-state index contributed by atoms with van der Waals surface area (Å²) in [5.74, 6) is 0.602. The Balaban J connectivity index is 0.000000937. The number of carbonyl (C=O) groups excluding carboxylic acids is 6. The maximum absolute atomic E-state index is 12.3. The van der Waals surface area contributed by atoms with Crippen LogP contribution in [0.2, 0.25) is 0 Å². The third-order valence-electron chi connectivity index (χ3n) is 9.00. The molecule has 2 aromatic heterocycles. The molecule has 0 spiro atoms. The number of Topliss-reactive ketones (excluding diaryl/α,β-unsaturated/α-hetero) is 1. The van der Waals surface area contributed by atoms with E-state index in [0.717, 1.165) is 41.2 Å². The number of primary amides is 2. The van der Waals surface area contributed by atoms with Gasteiger partial charge >= 0.3 is 11.9 Å². The number of esters is 2. The Morgan fingerprint density at radius 1 is 0.810 bits per heavy atom. The fraction of sp³-hybridized carbons (Fsp3) is 0.674. The first kappa shape index (κ1) is 55.1. The molecule has 11 nitrogen and oxygen atoms in total. The van der Waals surface area contributed by atoms with Crippen LogP contribution >= 0.6 is 47.1 Å². The van der Waals surface area contributed by atoms with Crippen molar-refractivity contribution in [1.29, 1.82) is 0 Å². The topological polar surface area (TPSA) is 185 Å². The highest BCUT2D eigenvalue weighted by atomic mass is 32.2. The van der Waals surface area contributed by atoms with Gasteiger partial charge in [-0.05, 0) is 43.7 Å². The normalized spacial score (nSPS) is 12.0. The summed E-state index contributed by atoms with van der Waals surface area (Å²) in [7, 11) is 0. The van der Waals surface area contributed by atoms with Gasteiger partial charge in [0.25, 0.3) is 5.91 Å². The van der Waals surface area contributed by atoms with Crippen LogP contribution in [0.5, 0.6) is 0 Å². The highest BCUT2D eigenvalue weighted by Crippen LogP contribution is 2.33. The minimum Gasteiger partial charge on any atom is -0.465 e. The average molecular weight is 886 g/mol. The summed E-state index contributed by atoms with van der Waals surface area (Å²) in [4.78, 5) is 71.3. The van der Waals surface area contributed by atoms with Crippen molar-refractivity contribution in [3.8, 4) is 0 Å². The van der Waals surface area contributed by atoms with Crippen LogP contribution in [0.1, 0.15) is 157 Å². The Labute approximate surface area is 365 Å². The number of unbranched alkanes of at least 4 members (excludes halogenated alkanes) is 2. The number of rotatable bonds is 24. The monoisotopic (exact) mass is 885 g/mol. The van der Waals surface area contributed by atoms with Crippen molar-refractivity contribution in [3.63, 3.8) is 0 Å². The van der Waals surface area contributed by atoms with Gasteiger partial charge in [0.2, 0.25) is 11.8 Å². The minimum atomic E-state index is -0.526. The summed E-state index contributed by atoms with van der Waals surface area (Å²) in [6, 6.07) is 3.41. The van der Waals surface area contributed by atoms with E-state index >= 15 is 0 Å². The van der Waals surface area contributed by atoms with E-state index in [-0.39, 0.29) is 36.0 Å². The van der Waals surface area contributed by atoms with E-state index in [1.807, 2.05) is 27.7 Å². The van der Waals surface area contributed by atoms with Crippen LogP contribution in [0, 0.1) is 30.1 Å². The zero-order chi connectivity index (χ0) is 44.4. The Bertz CT molecular complexity index is 1560. The van der Waals surface area contributed by atoms with Gasteiger partial charge in [-0.3, -0.25) is 28.8 Å². The van der Waals surface area contributed by atoms with Crippen LogP contribution in [0.3, 0.4) is 0 Å². The second-order valence-electron chi connectivity index (χ2n) is 15.5. The minimum absolute atomic E-state index is 0.0653. The maximum Gasteiger partial charge on any atom is 0.306 e. The van der Waals surface area contributed by atoms with Crippen molar-refractivity contribution in [1.82, 2.24) is 0 Å². The van der Waals surface area contributed by atoms with Crippen LogP contribution in [-0.2, 0) is 35.1 Å². The number of ether oxygens (including phenoxy) is 2. The lowest BCUT2D eigenvalue weighted by molar-refractivity contribution is -0.145. The number of aryl methyl sites for hydroxylation is 1. The van der Waals surface area contributed by atoms with Gasteiger partial charge in [-0.2, -0.15) is 12.6 Å². The van der Waals surface area contributed by atoms with Gasteiger partial charge in [0.05, 0.1) is 41.4 Å². The first-order valence-corrected chi connectivity index (χ1v) is 23.7. The molecule has 0 aromatic carbocycles. The highest BCUT2D eigenvalue weighted by Gasteiger charge is 2.25. The van der Waals surface area contributed by atoms with Crippen molar-refractivity contribution in [2.24, 2.45) is 34.6 Å². The molecule has 0 aliphatic carbocycles. The van der Waals surface area contributed by atoms with Crippen molar-refractivity contribution in [2.45, 2.75) is 144 Å². The first-order valence-electron chi connectivity index (χ1n) is 20.5. The summed E-state index contributed by atoms with van der Waals surface area (Å²) in [5.41, 5.74) is 11.0. The van der Waals surface area contributed by atoms with Gasteiger partial charge in [0.1, 0.15) is 10.8 Å². The summed E-state index contributed by atoms with van der Waals surface area (Å²) in [6.07, 6.45) is 10.1. The van der Waals surface area contributed by atoms with E-state index in [1.54, 1.807) is 26.0 Å². The number of carbonyl (C=O) groups is 6. The van der Waals surface area contributed by atoms with E-state index in [9.17, 15) is 28.8 Å². The van der Waals surface area contributed by atoms with Gasteiger partial charge in [0.15, 0.2) is 0 Å². The van der Waals surface area contributed by atoms with E-state index in [2.05, 4.69) is 45.6 Å². The van der Waals surface area contributed by atoms with Gasteiger partial charge in [-0.25, -0.2) is 0 Å². The average Bonchev–Trinajstić information content (AvgIpc) is 3.74. The maximum atomic E-state index is 12.3. The number of ketones is 1. The van der Waals surface area contributed by atoms with Crippen LogP contribution in [0.15, 0.2) is 16.3 Å². The number of thiophene rings is 2. The van der Waals surface area contributed by atoms with Crippen LogP contribution < -0.4 is 16.8 Å². The SMILES string of the molecule is CCCCC(CC)COC(=O)CCS.CCCCC(CC)COC(=O)CCSc1cc(C(N)=O)c(CC(=O)C(C)(C)C)s1.Cc1cc(C(N)=O)c(NC(=O)C(C)C)s1.